The molecule has 0 aliphatic heterocycles. The van der Waals surface area contributed by atoms with E-state index in [1.807, 2.05) is 18.2 Å². The first-order valence-electron chi connectivity index (χ1n) is 6.22. The van der Waals surface area contributed by atoms with E-state index in [1.54, 1.807) is 25.9 Å². The number of amides is 1. The first kappa shape index (κ1) is 16.0. The molecule has 0 radical (unpaired) electrons. The summed E-state index contributed by atoms with van der Waals surface area (Å²) in [7, 11) is 3.48. The number of nitrogens with zero attached hydrogens (tertiary/aromatic N) is 1. The predicted octanol–water partition coefficient (Wildman–Crippen LogP) is 2.75. The number of aliphatic hydroxyl groups excluding tert-OH is 1. The van der Waals surface area contributed by atoms with E-state index in [4.69, 9.17) is 4.74 Å². The second-order valence-corrected chi connectivity index (χ2v) is 5.51. The van der Waals surface area contributed by atoms with Gasteiger partial charge in [0.15, 0.2) is 0 Å². The van der Waals surface area contributed by atoms with Crippen molar-refractivity contribution in [2.45, 2.75) is 25.9 Å². The average Bonchev–Trinajstić information content (AvgIpc) is 2.33. The fraction of sp³-hybridized carbons (Fsp3) is 0.500. The third-order valence-corrected chi connectivity index (χ3v) is 3.21. The highest BCUT2D eigenvalue weighted by molar-refractivity contribution is 9.10. The van der Waals surface area contributed by atoms with Crippen molar-refractivity contribution in [2.75, 3.05) is 20.7 Å². The largest absolute Gasteiger partial charge is 0.493 e. The Morgan fingerprint density at radius 2 is 2.16 bits per heavy atom. The van der Waals surface area contributed by atoms with Crippen LogP contribution in [0.2, 0.25) is 0 Å². The minimum atomic E-state index is -0.577. The zero-order valence-electron chi connectivity index (χ0n) is 11.5. The lowest BCUT2D eigenvalue weighted by Gasteiger charge is -2.14. The first-order chi connectivity index (χ1) is 8.91. The third-order valence-electron chi connectivity index (χ3n) is 2.72. The second-order valence-electron chi connectivity index (χ2n) is 4.60. The van der Waals surface area contributed by atoms with E-state index in [1.165, 1.54) is 0 Å². The van der Waals surface area contributed by atoms with Crippen LogP contribution in [0.5, 0.6) is 5.75 Å². The van der Waals surface area contributed by atoms with Crippen molar-refractivity contribution in [1.82, 2.24) is 4.90 Å². The molecule has 5 heteroatoms. The molecule has 0 fully saturated rings. The molecule has 106 valence electrons. The van der Waals surface area contributed by atoms with Crippen molar-refractivity contribution < 1.29 is 14.6 Å². The Labute approximate surface area is 122 Å². The molecule has 19 heavy (non-hydrogen) atoms. The summed E-state index contributed by atoms with van der Waals surface area (Å²) in [6.07, 6.45) is 0.542. The van der Waals surface area contributed by atoms with Crippen LogP contribution in [0.4, 0.5) is 0 Å². The smallest absolute Gasteiger partial charge is 0.222 e. The summed E-state index contributed by atoms with van der Waals surface area (Å²) in [5.74, 6) is 0.746. The molecule has 1 aromatic carbocycles. The minimum Gasteiger partial charge on any atom is -0.493 e. The van der Waals surface area contributed by atoms with Gasteiger partial charge >= 0.3 is 0 Å². The Morgan fingerprint density at radius 1 is 1.47 bits per heavy atom. The first-order valence-corrected chi connectivity index (χ1v) is 7.01. The number of hydrogen-bond acceptors (Lipinski definition) is 3. The van der Waals surface area contributed by atoms with E-state index in [2.05, 4.69) is 15.9 Å². The highest BCUT2D eigenvalue weighted by atomic mass is 79.9. The van der Waals surface area contributed by atoms with Gasteiger partial charge in [-0.2, -0.15) is 0 Å². The molecule has 1 amide bonds. The van der Waals surface area contributed by atoms with E-state index in [-0.39, 0.29) is 5.91 Å². The monoisotopic (exact) mass is 329 g/mol. The normalized spacial score (nSPS) is 12.1. The van der Waals surface area contributed by atoms with Crippen LogP contribution in [0, 0.1) is 0 Å². The molecule has 0 aliphatic carbocycles. The van der Waals surface area contributed by atoms with E-state index in [0.717, 1.165) is 10.0 Å². The number of aliphatic hydroxyl groups is 1. The van der Waals surface area contributed by atoms with E-state index in [0.29, 0.717) is 25.2 Å². The van der Waals surface area contributed by atoms with Crippen LogP contribution in [-0.4, -0.2) is 36.6 Å². The maximum Gasteiger partial charge on any atom is 0.222 e. The Hall–Kier alpha value is -1.07. The molecule has 0 saturated heterocycles. The molecule has 0 unspecified atom stereocenters. The van der Waals surface area contributed by atoms with Gasteiger partial charge in [0.05, 0.1) is 12.7 Å². The average molecular weight is 330 g/mol. The highest BCUT2D eigenvalue weighted by Crippen LogP contribution is 2.28. The summed E-state index contributed by atoms with van der Waals surface area (Å²) in [6, 6.07) is 5.52. The van der Waals surface area contributed by atoms with Gasteiger partial charge in [-0.3, -0.25) is 4.79 Å². The lowest BCUT2D eigenvalue weighted by Crippen LogP contribution is -2.21. The van der Waals surface area contributed by atoms with Crippen LogP contribution in [0.25, 0.3) is 0 Å². The van der Waals surface area contributed by atoms with Crippen LogP contribution in [0.1, 0.15) is 31.4 Å². The summed E-state index contributed by atoms with van der Waals surface area (Å²) in [6.45, 7) is 2.15. The SMILES string of the molecule is C[C@@H](O)c1ccc(Br)cc1OCCCC(=O)N(C)C. The van der Waals surface area contributed by atoms with E-state index >= 15 is 0 Å². The number of benzene rings is 1. The molecule has 4 nitrogen and oxygen atoms in total. The van der Waals surface area contributed by atoms with Crippen molar-refractivity contribution in [3.63, 3.8) is 0 Å². The van der Waals surface area contributed by atoms with Crippen LogP contribution >= 0.6 is 15.9 Å². The molecule has 1 atom stereocenters. The molecule has 0 heterocycles. The van der Waals surface area contributed by atoms with E-state index < -0.39 is 6.10 Å². The zero-order chi connectivity index (χ0) is 14.4. The number of carbonyl (C=O) groups excluding carboxylic acids is 1. The zero-order valence-corrected chi connectivity index (χ0v) is 13.1. The standard InChI is InChI=1S/C14H20BrNO3/c1-10(17)12-7-6-11(15)9-13(12)19-8-4-5-14(18)16(2)3/h6-7,9-10,17H,4-5,8H2,1-3H3/t10-/m1/s1. The number of ether oxygens (including phenoxy) is 1. The van der Waals surface area contributed by atoms with Crippen LogP contribution in [-0.2, 0) is 4.79 Å². The lowest BCUT2D eigenvalue weighted by molar-refractivity contribution is -0.128. The van der Waals surface area contributed by atoms with Gasteiger partial charge in [0, 0.05) is 30.6 Å². The Balaban J connectivity index is 2.53. The molecular formula is C14H20BrNO3. The van der Waals surface area contributed by atoms with Gasteiger partial charge in [-0.05, 0) is 25.5 Å². The molecule has 0 aliphatic rings. The van der Waals surface area contributed by atoms with Crippen LogP contribution in [0.3, 0.4) is 0 Å². The predicted molar refractivity (Wildman–Crippen MR) is 78.2 cm³/mol. The Kier molecular flexibility index (Phi) is 6.31. The number of rotatable bonds is 6. The van der Waals surface area contributed by atoms with Gasteiger partial charge in [0.25, 0.3) is 0 Å². The molecule has 0 spiro atoms. The van der Waals surface area contributed by atoms with Crippen molar-refractivity contribution in [1.29, 1.82) is 0 Å². The van der Waals surface area contributed by atoms with Gasteiger partial charge in [-0.15, -0.1) is 0 Å². The quantitative estimate of drug-likeness (QED) is 0.816. The second kappa shape index (κ2) is 7.50. The van der Waals surface area contributed by atoms with Crippen molar-refractivity contribution in [3.05, 3.63) is 28.2 Å². The maximum absolute atomic E-state index is 11.4. The minimum absolute atomic E-state index is 0.0913. The fourth-order valence-corrected chi connectivity index (χ4v) is 1.95. The van der Waals surface area contributed by atoms with Crippen molar-refractivity contribution in [2.24, 2.45) is 0 Å². The van der Waals surface area contributed by atoms with Gasteiger partial charge in [-0.1, -0.05) is 22.0 Å². The van der Waals surface area contributed by atoms with E-state index in [9.17, 15) is 9.90 Å². The molecular weight excluding hydrogens is 310 g/mol. The molecule has 0 saturated carbocycles. The molecule has 1 N–H and O–H groups in total. The third kappa shape index (κ3) is 5.20. The molecule has 1 aromatic rings. The highest BCUT2D eigenvalue weighted by Gasteiger charge is 2.10. The Bertz CT molecular complexity index is 433. The number of halogens is 1. The summed E-state index contributed by atoms with van der Waals surface area (Å²) < 4.78 is 6.55. The number of carbonyl (C=O) groups is 1. The lowest BCUT2D eigenvalue weighted by atomic mass is 10.1. The topological polar surface area (TPSA) is 49.8 Å². The van der Waals surface area contributed by atoms with Gasteiger partial charge < -0.3 is 14.7 Å². The summed E-state index contributed by atoms with van der Waals surface area (Å²) in [5, 5.41) is 9.66. The maximum atomic E-state index is 11.4. The Morgan fingerprint density at radius 3 is 2.74 bits per heavy atom. The van der Waals surface area contributed by atoms with Crippen molar-refractivity contribution in [3.8, 4) is 5.75 Å². The molecule has 0 bridgehead atoms. The molecule has 1 rings (SSSR count). The van der Waals surface area contributed by atoms with Crippen molar-refractivity contribution >= 4 is 21.8 Å². The summed E-state index contributed by atoms with van der Waals surface area (Å²) >= 11 is 3.37. The van der Waals surface area contributed by atoms with Crippen LogP contribution < -0.4 is 4.74 Å². The summed E-state index contributed by atoms with van der Waals surface area (Å²) in [4.78, 5) is 13.0. The van der Waals surface area contributed by atoms with Crippen LogP contribution in [0.15, 0.2) is 22.7 Å². The van der Waals surface area contributed by atoms with Gasteiger partial charge in [0.1, 0.15) is 5.75 Å². The molecule has 0 aromatic heterocycles. The van der Waals surface area contributed by atoms with Gasteiger partial charge in [0.2, 0.25) is 5.91 Å². The number of hydrogen-bond donors (Lipinski definition) is 1. The summed E-state index contributed by atoms with van der Waals surface area (Å²) in [5.41, 5.74) is 0.752. The van der Waals surface area contributed by atoms with Gasteiger partial charge in [-0.25, -0.2) is 0 Å². The fourth-order valence-electron chi connectivity index (χ4n) is 1.61.